The number of halogens is 2. The number of carbonyl (C=O) groups is 1. The molecule has 0 atom stereocenters. The molecule has 0 aliphatic heterocycles. The SMILES string of the molecule is CCNc1cncc(C(=O)Nc2ccc(Br)cc2Cl)n1. The zero-order valence-electron chi connectivity index (χ0n) is 10.7. The van der Waals surface area contributed by atoms with Crippen LogP contribution in [-0.2, 0) is 0 Å². The van der Waals surface area contributed by atoms with Crippen molar-refractivity contribution >= 4 is 44.9 Å². The van der Waals surface area contributed by atoms with Crippen LogP contribution in [0.3, 0.4) is 0 Å². The van der Waals surface area contributed by atoms with Gasteiger partial charge >= 0.3 is 0 Å². The molecule has 5 nitrogen and oxygen atoms in total. The molecule has 1 aromatic heterocycles. The Labute approximate surface area is 129 Å². The van der Waals surface area contributed by atoms with Crippen LogP contribution < -0.4 is 10.6 Å². The fourth-order valence-electron chi connectivity index (χ4n) is 1.52. The van der Waals surface area contributed by atoms with Crippen molar-refractivity contribution in [2.24, 2.45) is 0 Å². The summed E-state index contributed by atoms with van der Waals surface area (Å²) >= 11 is 9.36. The van der Waals surface area contributed by atoms with Gasteiger partial charge in [0.05, 0.1) is 23.1 Å². The van der Waals surface area contributed by atoms with E-state index in [4.69, 9.17) is 11.6 Å². The first kappa shape index (κ1) is 14.7. The summed E-state index contributed by atoms with van der Waals surface area (Å²) in [6.07, 6.45) is 2.97. The highest BCUT2D eigenvalue weighted by Crippen LogP contribution is 2.25. The van der Waals surface area contributed by atoms with Gasteiger partial charge in [0.25, 0.3) is 5.91 Å². The van der Waals surface area contributed by atoms with Crippen molar-refractivity contribution in [3.05, 3.63) is 45.8 Å². The van der Waals surface area contributed by atoms with Crippen LogP contribution in [0.25, 0.3) is 0 Å². The Hall–Kier alpha value is -1.66. The van der Waals surface area contributed by atoms with Gasteiger partial charge < -0.3 is 10.6 Å². The number of rotatable bonds is 4. The lowest BCUT2D eigenvalue weighted by atomic mass is 10.3. The predicted molar refractivity (Wildman–Crippen MR) is 83.3 cm³/mol. The highest BCUT2D eigenvalue weighted by atomic mass is 79.9. The highest BCUT2D eigenvalue weighted by Gasteiger charge is 2.11. The minimum absolute atomic E-state index is 0.224. The highest BCUT2D eigenvalue weighted by molar-refractivity contribution is 9.10. The number of aromatic nitrogens is 2. The van der Waals surface area contributed by atoms with E-state index >= 15 is 0 Å². The average molecular weight is 356 g/mol. The Morgan fingerprint density at radius 1 is 1.40 bits per heavy atom. The lowest BCUT2D eigenvalue weighted by Crippen LogP contribution is -2.15. The average Bonchev–Trinajstić information content (AvgIpc) is 2.42. The predicted octanol–water partition coefficient (Wildman–Crippen LogP) is 3.58. The molecule has 0 bridgehead atoms. The van der Waals surface area contributed by atoms with E-state index in [1.807, 2.05) is 6.92 Å². The van der Waals surface area contributed by atoms with Gasteiger partial charge in [-0.15, -0.1) is 0 Å². The molecule has 2 aromatic rings. The molecule has 0 unspecified atom stereocenters. The number of carbonyl (C=O) groups excluding carboxylic acids is 1. The zero-order chi connectivity index (χ0) is 14.5. The normalized spacial score (nSPS) is 10.2. The quantitative estimate of drug-likeness (QED) is 0.880. The van der Waals surface area contributed by atoms with E-state index in [1.165, 1.54) is 6.20 Å². The lowest BCUT2D eigenvalue weighted by Gasteiger charge is -2.08. The van der Waals surface area contributed by atoms with Gasteiger partial charge in [-0.2, -0.15) is 0 Å². The van der Waals surface area contributed by atoms with Gasteiger partial charge in [0.2, 0.25) is 0 Å². The van der Waals surface area contributed by atoms with Gasteiger partial charge in [-0.05, 0) is 25.1 Å². The van der Waals surface area contributed by atoms with Crippen LogP contribution in [-0.4, -0.2) is 22.4 Å². The van der Waals surface area contributed by atoms with Crippen molar-refractivity contribution in [3.63, 3.8) is 0 Å². The molecule has 1 aromatic carbocycles. The van der Waals surface area contributed by atoms with Crippen molar-refractivity contribution in [2.45, 2.75) is 6.92 Å². The molecule has 0 aliphatic rings. The monoisotopic (exact) mass is 354 g/mol. The maximum absolute atomic E-state index is 12.1. The number of nitrogens with one attached hydrogen (secondary N) is 2. The molecule has 0 saturated heterocycles. The Morgan fingerprint density at radius 3 is 2.90 bits per heavy atom. The van der Waals surface area contributed by atoms with Crippen LogP contribution in [0.4, 0.5) is 11.5 Å². The van der Waals surface area contributed by atoms with Crippen LogP contribution in [0, 0.1) is 0 Å². The topological polar surface area (TPSA) is 66.9 Å². The first-order valence-corrected chi connectivity index (χ1v) is 7.09. The minimum atomic E-state index is -0.360. The van der Waals surface area contributed by atoms with E-state index in [0.29, 0.717) is 23.1 Å². The molecule has 1 heterocycles. The van der Waals surface area contributed by atoms with Gasteiger partial charge in [0.1, 0.15) is 11.5 Å². The van der Waals surface area contributed by atoms with Gasteiger partial charge in [0.15, 0.2) is 0 Å². The van der Waals surface area contributed by atoms with E-state index in [9.17, 15) is 4.79 Å². The van der Waals surface area contributed by atoms with E-state index in [2.05, 4.69) is 36.5 Å². The summed E-state index contributed by atoms with van der Waals surface area (Å²) in [5.74, 6) is 0.198. The lowest BCUT2D eigenvalue weighted by molar-refractivity contribution is 0.102. The smallest absolute Gasteiger partial charge is 0.275 e. The van der Waals surface area contributed by atoms with E-state index in [1.54, 1.807) is 24.4 Å². The third-order valence-corrected chi connectivity index (χ3v) is 3.21. The summed E-state index contributed by atoms with van der Waals surface area (Å²) in [6.45, 7) is 2.65. The Morgan fingerprint density at radius 2 is 2.20 bits per heavy atom. The molecule has 1 amide bonds. The maximum Gasteiger partial charge on any atom is 0.275 e. The van der Waals surface area contributed by atoms with Crippen molar-refractivity contribution in [2.75, 3.05) is 17.2 Å². The molecule has 0 radical (unpaired) electrons. The first-order valence-electron chi connectivity index (χ1n) is 5.92. The van der Waals surface area contributed by atoms with Crippen LogP contribution in [0.2, 0.25) is 5.02 Å². The molecular weight excluding hydrogens is 344 g/mol. The summed E-state index contributed by atoms with van der Waals surface area (Å²) in [4.78, 5) is 20.2. The molecule has 104 valence electrons. The van der Waals surface area contributed by atoms with E-state index in [0.717, 1.165) is 4.47 Å². The molecule has 2 N–H and O–H groups in total. The van der Waals surface area contributed by atoms with Gasteiger partial charge in [-0.1, -0.05) is 27.5 Å². The number of amides is 1. The standard InChI is InChI=1S/C13H12BrClN4O/c1-2-17-12-7-16-6-11(18-12)13(20)19-10-4-3-8(14)5-9(10)15/h3-7H,2H2,1H3,(H,17,18)(H,19,20). The summed E-state index contributed by atoms with van der Waals surface area (Å²) in [7, 11) is 0. The Balaban J connectivity index is 2.17. The molecular formula is C13H12BrClN4O. The summed E-state index contributed by atoms with van der Waals surface area (Å²) in [5.41, 5.74) is 0.748. The van der Waals surface area contributed by atoms with Crippen molar-refractivity contribution in [3.8, 4) is 0 Å². The fourth-order valence-corrected chi connectivity index (χ4v) is 2.24. The van der Waals surface area contributed by atoms with Crippen LogP contribution in [0.1, 0.15) is 17.4 Å². The molecule has 2 rings (SSSR count). The molecule has 0 spiro atoms. The van der Waals surface area contributed by atoms with E-state index in [-0.39, 0.29) is 11.6 Å². The second-order valence-electron chi connectivity index (χ2n) is 3.90. The third-order valence-electron chi connectivity index (χ3n) is 2.40. The zero-order valence-corrected chi connectivity index (χ0v) is 13.0. The molecule has 0 saturated carbocycles. The van der Waals surface area contributed by atoms with Gasteiger partial charge in [0, 0.05) is 11.0 Å². The molecule has 0 fully saturated rings. The van der Waals surface area contributed by atoms with E-state index < -0.39 is 0 Å². The first-order chi connectivity index (χ1) is 9.60. The third kappa shape index (κ3) is 3.68. The minimum Gasteiger partial charge on any atom is -0.369 e. The fraction of sp³-hybridized carbons (Fsp3) is 0.154. The maximum atomic E-state index is 12.1. The molecule has 20 heavy (non-hydrogen) atoms. The number of benzene rings is 1. The van der Waals surface area contributed by atoms with Crippen LogP contribution in [0.15, 0.2) is 35.1 Å². The van der Waals surface area contributed by atoms with Crippen molar-refractivity contribution in [1.82, 2.24) is 9.97 Å². The van der Waals surface area contributed by atoms with Gasteiger partial charge in [-0.25, -0.2) is 4.98 Å². The summed E-state index contributed by atoms with van der Waals surface area (Å²) in [6, 6.07) is 5.21. The number of nitrogens with zero attached hydrogens (tertiary/aromatic N) is 2. The summed E-state index contributed by atoms with van der Waals surface area (Å²) < 4.78 is 0.842. The van der Waals surface area contributed by atoms with Crippen molar-refractivity contribution < 1.29 is 4.79 Å². The summed E-state index contributed by atoms with van der Waals surface area (Å²) in [5, 5.41) is 6.15. The second-order valence-corrected chi connectivity index (χ2v) is 5.22. The molecule has 7 heteroatoms. The van der Waals surface area contributed by atoms with Crippen LogP contribution in [0.5, 0.6) is 0 Å². The Kier molecular flexibility index (Phi) is 4.92. The van der Waals surface area contributed by atoms with Gasteiger partial charge in [-0.3, -0.25) is 9.78 Å². The largest absolute Gasteiger partial charge is 0.369 e. The second kappa shape index (κ2) is 6.67. The number of hydrogen-bond acceptors (Lipinski definition) is 4. The van der Waals surface area contributed by atoms with Crippen molar-refractivity contribution in [1.29, 1.82) is 0 Å². The number of anilines is 2. The Bertz CT molecular complexity index is 636. The molecule has 0 aliphatic carbocycles. The van der Waals surface area contributed by atoms with Crippen LogP contribution >= 0.6 is 27.5 Å². The number of hydrogen-bond donors (Lipinski definition) is 2.